The van der Waals surface area contributed by atoms with E-state index < -0.39 is 16.8 Å². The van der Waals surface area contributed by atoms with Gasteiger partial charge in [-0.15, -0.1) is 0 Å². The maximum Gasteiger partial charge on any atom is 0.226 e. The summed E-state index contributed by atoms with van der Waals surface area (Å²) in [7, 11) is 1.27. The number of benzene rings is 2. The normalized spacial score (nSPS) is 13.6. The first-order valence-electron chi connectivity index (χ1n) is 11.4. The third kappa shape index (κ3) is 7.70. The average molecular weight is 479 g/mol. The van der Waals surface area contributed by atoms with Gasteiger partial charge in [0.1, 0.15) is 11.5 Å². The van der Waals surface area contributed by atoms with Crippen LogP contribution in [0.25, 0.3) is 11.1 Å². The second kappa shape index (κ2) is 12.9. The topological polar surface area (TPSA) is 36.9 Å². The van der Waals surface area contributed by atoms with Gasteiger partial charge in [-0.2, -0.15) is 0 Å². The second-order valence-electron chi connectivity index (χ2n) is 8.84. The zero-order valence-corrected chi connectivity index (χ0v) is 22.8. The van der Waals surface area contributed by atoms with Crippen molar-refractivity contribution in [2.75, 3.05) is 27.5 Å². The van der Waals surface area contributed by atoms with E-state index in [0.717, 1.165) is 29.0 Å². The highest BCUT2D eigenvalue weighted by atomic mass is 31.2. The summed E-state index contributed by atoms with van der Waals surface area (Å²) in [5, 5.41) is 0. The van der Waals surface area contributed by atoms with Gasteiger partial charge >= 0.3 is 0 Å². The molecular formula is C26H40O4P2. The zero-order chi connectivity index (χ0) is 23.7. The van der Waals surface area contributed by atoms with Crippen molar-refractivity contribution in [2.45, 2.75) is 65.2 Å². The van der Waals surface area contributed by atoms with E-state index in [2.05, 4.69) is 64.1 Å². The van der Waals surface area contributed by atoms with Crippen molar-refractivity contribution in [2.24, 2.45) is 0 Å². The molecule has 0 aliphatic rings. The van der Waals surface area contributed by atoms with E-state index in [0.29, 0.717) is 0 Å². The molecule has 0 radical (unpaired) electrons. The molecule has 6 heteroatoms. The summed E-state index contributed by atoms with van der Waals surface area (Å²) < 4.78 is 23.7. The van der Waals surface area contributed by atoms with Crippen molar-refractivity contribution in [3.8, 4) is 22.6 Å². The molecule has 32 heavy (non-hydrogen) atoms. The Kier molecular flexibility index (Phi) is 10.9. The fourth-order valence-corrected chi connectivity index (χ4v) is 4.69. The highest BCUT2D eigenvalue weighted by Gasteiger charge is 2.26. The number of hydrogen-bond acceptors (Lipinski definition) is 4. The zero-order valence-electron chi connectivity index (χ0n) is 21.0. The predicted octanol–water partition coefficient (Wildman–Crippen LogP) is 8.84. The van der Waals surface area contributed by atoms with Crippen LogP contribution in [0.4, 0.5) is 0 Å². The molecule has 2 rings (SSSR count). The molecule has 0 fully saturated rings. The van der Waals surface area contributed by atoms with Crippen LogP contribution in [0.2, 0.25) is 0 Å². The summed E-state index contributed by atoms with van der Waals surface area (Å²) in [4.78, 5) is 0. The summed E-state index contributed by atoms with van der Waals surface area (Å²) in [6.07, 6.45) is 6.13. The fraction of sp³-hybridized carbons (Fsp3) is 0.538. The Morgan fingerprint density at radius 3 is 1.94 bits per heavy atom. The molecule has 178 valence electrons. The molecule has 0 aliphatic heterocycles. The van der Waals surface area contributed by atoms with Crippen LogP contribution in [-0.4, -0.2) is 27.5 Å². The summed E-state index contributed by atoms with van der Waals surface area (Å²) >= 11 is 0. The highest BCUT2D eigenvalue weighted by molar-refractivity contribution is 7.47. The van der Waals surface area contributed by atoms with Gasteiger partial charge in [0.2, 0.25) is 16.8 Å². The molecule has 0 saturated carbocycles. The molecule has 2 aromatic rings. The van der Waals surface area contributed by atoms with Gasteiger partial charge in [0, 0.05) is 27.5 Å². The highest BCUT2D eigenvalue weighted by Crippen LogP contribution is 2.50. The minimum Gasteiger partial charge on any atom is -0.447 e. The number of rotatable bonds is 13. The molecule has 2 unspecified atom stereocenters. The van der Waals surface area contributed by atoms with Crippen molar-refractivity contribution >= 4 is 16.8 Å². The fourth-order valence-electron chi connectivity index (χ4n) is 3.70. The summed E-state index contributed by atoms with van der Waals surface area (Å²) in [5.41, 5.74) is 4.44. The van der Waals surface area contributed by atoms with Crippen LogP contribution in [0.15, 0.2) is 36.4 Å². The number of hydrogen-bond donors (Lipinski definition) is 0. The maximum absolute atomic E-state index is 6.35. The van der Waals surface area contributed by atoms with Crippen molar-refractivity contribution in [1.29, 1.82) is 0 Å². The largest absolute Gasteiger partial charge is 0.447 e. The van der Waals surface area contributed by atoms with E-state index in [1.165, 1.54) is 36.8 Å². The molecule has 0 N–H and O–H groups in total. The SMILES string of the molecule is CCCCCCC(C)(C)c1cc(OP(C)OC)c(-c2cccc(C)c2)c(OP(C)OC)c1. The Morgan fingerprint density at radius 1 is 0.844 bits per heavy atom. The van der Waals surface area contributed by atoms with Crippen molar-refractivity contribution in [3.63, 3.8) is 0 Å². The summed E-state index contributed by atoms with van der Waals surface area (Å²) in [6.45, 7) is 12.9. The van der Waals surface area contributed by atoms with Crippen molar-refractivity contribution in [3.05, 3.63) is 47.5 Å². The van der Waals surface area contributed by atoms with Gasteiger partial charge in [-0.25, -0.2) is 0 Å². The predicted molar refractivity (Wildman–Crippen MR) is 139 cm³/mol. The smallest absolute Gasteiger partial charge is 0.226 e. The van der Waals surface area contributed by atoms with Gasteiger partial charge in [0.05, 0.1) is 5.56 Å². The van der Waals surface area contributed by atoms with E-state index in [9.17, 15) is 0 Å². The lowest BCUT2D eigenvalue weighted by atomic mass is 9.79. The van der Waals surface area contributed by atoms with E-state index in [4.69, 9.17) is 18.1 Å². The van der Waals surface area contributed by atoms with Gasteiger partial charge in [-0.05, 0) is 42.0 Å². The summed E-state index contributed by atoms with van der Waals surface area (Å²) in [5.74, 6) is 1.61. The quantitative estimate of drug-likeness (QED) is 0.213. The molecule has 0 amide bonds. The molecule has 0 saturated heterocycles. The van der Waals surface area contributed by atoms with E-state index in [-0.39, 0.29) is 5.41 Å². The minimum absolute atomic E-state index is 0.00222. The third-order valence-corrected chi connectivity index (χ3v) is 7.71. The van der Waals surface area contributed by atoms with Gasteiger partial charge < -0.3 is 18.1 Å². The van der Waals surface area contributed by atoms with E-state index in [1.54, 1.807) is 14.2 Å². The van der Waals surface area contributed by atoms with Crippen molar-refractivity contribution in [1.82, 2.24) is 0 Å². The van der Waals surface area contributed by atoms with Crippen LogP contribution >= 0.6 is 16.8 Å². The summed E-state index contributed by atoms with van der Waals surface area (Å²) in [6, 6.07) is 12.8. The van der Waals surface area contributed by atoms with Gasteiger partial charge in [-0.1, -0.05) is 76.3 Å². The Hall–Kier alpha value is -1.18. The van der Waals surface area contributed by atoms with Crippen LogP contribution in [0.1, 0.15) is 64.0 Å². The van der Waals surface area contributed by atoms with Gasteiger partial charge in [-0.3, -0.25) is 0 Å². The molecule has 0 aliphatic carbocycles. The van der Waals surface area contributed by atoms with Crippen LogP contribution in [-0.2, 0) is 14.5 Å². The van der Waals surface area contributed by atoms with Crippen LogP contribution < -0.4 is 9.05 Å². The maximum atomic E-state index is 6.35. The standard InChI is InChI=1S/C26H40O4P2/c1-9-10-11-12-16-26(3,4)22-18-23(29-31(7)27-5)25(21-15-13-14-20(2)17-21)24(19-22)30-32(8)28-6/h13-15,17-19H,9-12,16H2,1-8H3. The lowest BCUT2D eigenvalue weighted by Gasteiger charge is -2.29. The molecule has 2 atom stereocenters. The first kappa shape index (κ1) is 27.1. The first-order chi connectivity index (χ1) is 15.2. The average Bonchev–Trinajstić information content (AvgIpc) is 2.76. The number of unbranched alkanes of at least 4 members (excludes halogenated alkanes) is 3. The molecular weight excluding hydrogens is 438 g/mol. The van der Waals surface area contributed by atoms with Crippen molar-refractivity contribution < 1.29 is 18.1 Å². The van der Waals surface area contributed by atoms with Gasteiger partial charge in [0.25, 0.3) is 0 Å². The van der Waals surface area contributed by atoms with Crippen LogP contribution in [0.5, 0.6) is 11.5 Å². The minimum atomic E-state index is -1.05. The lowest BCUT2D eigenvalue weighted by Crippen LogP contribution is -2.17. The molecule has 0 spiro atoms. The molecule has 0 aromatic heterocycles. The lowest BCUT2D eigenvalue weighted by molar-refractivity contribution is 0.393. The van der Waals surface area contributed by atoms with Gasteiger partial charge in [0.15, 0.2) is 0 Å². The first-order valence-corrected chi connectivity index (χ1v) is 14.6. The number of aryl methyl sites for hydroxylation is 1. The van der Waals surface area contributed by atoms with Crippen LogP contribution in [0, 0.1) is 6.92 Å². The monoisotopic (exact) mass is 478 g/mol. The molecule has 2 aromatic carbocycles. The van der Waals surface area contributed by atoms with Crippen LogP contribution in [0.3, 0.4) is 0 Å². The van der Waals surface area contributed by atoms with E-state index in [1.807, 2.05) is 13.3 Å². The Bertz CT molecular complexity index is 820. The Morgan fingerprint density at radius 2 is 1.44 bits per heavy atom. The third-order valence-electron chi connectivity index (χ3n) is 5.78. The second-order valence-corrected chi connectivity index (χ2v) is 11.7. The molecule has 0 bridgehead atoms. The van der Waals surface area contributed by atoms with E-state index >= 15 is 0 Å². The Labute approximate surface area is 197 Å². The molecule has 0 heterocycles. The molecule has 4 nitrogen and oxygen atoms in total. The Balaban J connectivity index is 2.61.